The van der Waals surface area contributed by atoms with Crippen LogP contribution in [0.1, 0.15) is 32.6 Å². The van der Waals surface area contributed by atoms with Crippen molar-refractivity contribution in [2.45, 2.75) is 27.7 Å². The van der Waals surface area contributed by atoms with Gasteiger partial charge in [-0.05, 0) is 68.1 Å². The Labute approximate surface area is 119 Å². The molecule has 104 valence electrons. The molecular formula is C17H20N2O. The first-order valence-electron chi connectivity index (χ1n) is 6.63. The maximum Gasteiger partial charge on any atom is 0.256 e. The third kappa shape index (κ3) is 2.99. The van der Waals surface area contributed by atoms with Crippen molar-refractivity contribution in [2.75, 3.05) is 11.1 Å². The zero-order valence-corrected chi connectivity index (χ0v) is 12.4. The second-order valence-electron chi connectivity index (χ2n) is 5.35. The normalized spacial score (nSPS) is 10.4. The number of carbonyl (C=O) groups excluding carboxylic acids is 1. The van der Waals surface area contributed by atoms with E-state index >= 15 is 0 Å². The number of amides is 1. The Morgan fingerprint density at radius 3 is 2.10 bits per heavy atom. The van der Waals surface area contributed by atoms with E-state index in [0.29, 0.717) is 11.3 Å². The average molecular weight is 268 g/mol. The number of anilines is 2. The predicted molar refractivity (Wildman–Crippen MR) is 84.2 cm³/mol. The van der Waals surface area contributed by atoms with Crippen molar-refractivity contribution >= 4 is 17.3 Å². The maximum atomic E-state index is 12.4. The highest BCUT2D eigenvalue weighted by Crippen LogP contribution is 2.20. The van der Waals surface area contributed by atoms with Crippen molar-refractivity contribution in [3.8, 4) is 0 Å². The average Bonchev–Trinajstić information content (AvgIpc) is 2.32. The first-order chi connectivity index (χ1) is 9.36. The van der Waals surface area contributed by atoms with Crippen LogP contribution in [0.15, 0.2) is 30.3 Å². The third-order valence-corrected chi connectivity index (χ3v) is 3.34. The molecule has 0 unspecified atom stereocenters. The molecule has 0 atom stereocenters. The van der Waals surface area contributed by atoms with Crippen molar-refractivity contribution in [1.82, 2.24) is 0 Å². The fourth-order valence-electron chi connectivity index (χ4n) is 2.36. The van der Waals surface area contributed by atoms with Gasteiger partial charge < -0.3 is 11.1 Å². The van der Waals surface area contributed by atoms with Crippen molar-refractivity contribution in [2.24, 2.45) is 0 Å². The molecule has 0 radical (unpaired) electrons. The Hall–Kier alpha value is -2.29. The first kappa shape index (κ1) is 14.1. The summed E-state index contributed by atoms with van der Waals surface area (Å²) in [4.78, 5) is 12.4. The van der Waals surface area contributed by atoms with Crippen LogP contribution in [0.25, 0.3) is 0 Å². The van der Waals surface area contributed by atoms with Gasteiger partial charge in [0, 0.05) is 16.9 Å². The van der Waals surface area contributed by atoms with Gasteiger partial charge in [-0.25, -0.2) is 0 Å². The molecule has 0 spiro atoms. The number of rotatable bonds is 2. The number of nitrogens with one attached hydrogen (secondary N) is 1. The molecule has 0 bridgehead atoms. The first-order valence-corrected chi connectivity index (χ1v) is 6.63. The summed E-state index contributed by atoms with van der Waals surface area (Å²) in [7, 11) is 0. The molecule has 3 nitrogen and oxygen atoms in total. The molecule has 1 amide bonds. The molecule has 0 saturated heterocycles. The number of carbonyl (C=O) groups is 1. The number of nitrogens with two attached hydrogens (primary N) is 1. The number of benzene rings is 2. The van der Waals surface area contributed by atoms with E-state index in [9.17, 15) is 4.79 Å². The highest BCUT2D eigenvalue weighted by atomic mass is 16.1. The Morgan fingerprint density at radius 1 is 0.900 bits per heavy atom. The molecule has 2 rings (SSSR count). The van der Waals surface area contributed by atoms with Gasteiger partial charge in [-0.3, -0.25) is 4.79 Å². The van der Waals surface area contributed by atoms with E-state index in [0.717, 1.165) is 27.9 Å². The molecule has 0 fully saturated rings. The van der Waals surface area contributed by atoms with E-state index < -0.39 is 0 Å². The van der Waals surface area contributed by atoms with E-state index in [1.807, 2.05) is 45.9 Å². The van der Waals surface area contributed by atoms with Gasteiger partial charge in [-0.15, -0.1) is 0 Å². The van der Waals surface area contributed by atoms with Gasteiger partial charge in [0.15, 0.2) is 0 Å². The molecule has 0 saturated carbocycles. The van der Waals surface area contributed by atoms with Crippen LogP contribution in [0, 0.1) is 27.7 Å². The lowest BCUT2D eigenvalue weighted by molar-refractivity contribution is 0.102. The second kappa shape index (κ2) is 5.37. The highest BCUT2D eigenvalue weighted by molar-refractivity contribution is 6.06. The molecule has 0 aromatic heterocycles. The van der Waals surface area contributed by atoms with Crippen LogP contribution in [-0.2, 0) is 0 Å². The number of hydrogen-bond donors (Lipinski definition) is 2. The molecule has 0 aliphatic rings. The fraction of sp³-hybridized carbons (Fsp3) is 0.235. The van der Waals surface area contributed by atoms with E-state index in [1.165, 1.54) is 0 Å². The minimum atomic E-state index is -0.126. The summed E-state index contributed by atoms with van der Waals surface area (Å²) < 4.78 is 0. The Kier molecular flexibility index (Phi) is 3.79. The largest absolute Gasteiger partial charge is 0.398 e. The molecule has 0 heterocycles. The maximum absolute atomic E-state index is 12.4. The topological polar surface area (TPSA) is 55.1 Å². The smallest absolute Gasteiger partial charge is 0.256 e. The standard InChI is InChI=1S/C17H20N2O/c1-10-5-11(2)7-14(6-10)19-17(20)15-9-16(18)13(4)8-12(15)3/h5-9H,18H2,1-4H3,(H,19,20). The monoisotopic (exact) mass is 268 g/mol. The number of nitrogen functional groups attached to an aromatic ring is 1. The van der Waals surface area contributed by atoms with Gasteiger partial charge >= 0.3 is 0 Å². The van der Waals surface area contributed by atoms with Crippen LogP contribution in [0.3, 0.4) is 0 Å². The van der Waals surface area contributed by atoms with Crippen molar-refractivity contribution in [3.05, 3.63) is 58.1 Å². The minimum Gasteiger partial charge on any atom is -0.398 e. The fourth-order valence-corrected chi connectivity index (χ4v) is 2.36. The molecule has 0 aliphatic carbocycles. The van der Waals surface area contributed by atoms with Crippen LogP contribution >= 0.6 is 0 Å². The highest BCUT2D eigenvalue weighted by Gasteiger charge is 2.11. The SMILES string of the molecule is Cc1cc(C)cc(NC(=O)c2cc(N)c(C)cc2C)c1. The lowest BCUT2D eigenvalue weighted by Gasteiger charge is -2.11. The quantitative estimate of drug-likeness (QED) is 0.815. The summed E-state index contributed by atoms with van der Waals surface area (Å²) in [6.07, 6.45) is 0. The zero-order chi connectivity index (χ0) is 14.9. The number of aryl methyl sites for hydroxylation is 4. The molecule has 3 heteroatoms. The van der Waals surface area contributed by atoms with Crippen LogP contribution in [0.5, 0.6) is 0 Å². The molecule has 3 N–H and O–H groups in total. The van der Waals surface area contributed by atoms with Crippen molar-refractivity contribution in [1.29, 1.82) is 0 Å². The Morgan fingerprint density at radius 2 is 1.50 bits per heavy atom. The summed E-state index contributed by atoms with van der Waals surface area (Å²) in [5.74, 6) is -0.126. The van der Waals surface area contributed by atoms with Crippen LogP contribution in [0.2, 0.25) is 0 Å². The summed E-state index contributed by atoms with van der Waals surface area (Å²) in [6.45, 7) is 7.88. The summed E-state index contributed by atoms with van der Waals surface area (Å²) in [5, 5.41) is 2.93. The zero-order valence-electron chi connectivity index (χ0n) is 12.4. The number of hydrogen-bond acceptors (Lipinski definition) is 2. The predicted octanol–water partition coefficient (Wildman–Crippen LogP) is 3.75. The Balaban J connectivity index is 2.30. The van der Waals surface area contributed by atoms with Gasteiger partial charge in [0.25, 0.3) is 5.91 Å². The van der Waals surface area contributed by atoms with Crippen molar-refractivity contribution in [3.63, 3.8) is 0 Å². The van der Waals surface area contributed by atoms with E-state index in [1.54, 1.807) is 6.07 Å². The van der Waals surface area contributed by atoms with Gasteiger partial charge in [0.1, 0.15) is 0 Å². The lowest BCUT2D eigenvalue weighted by Crippen LogP contribution is -2.14. The van der Waals surface area contributed by atoms with Gasteiger partial charge in [0.2, 0.25) is 0 Å². The minimum absolute atomic E-state index is 0.126. The molecule has 2 aromatic rings. The third-order valence-electron chi connectivity index (χ3n) is 3.34. The lowest BCUT2D eigenvalue weighted by atomic mass is 10.0. The van der Waals surface area contributed by atoms with Crippen molar-refractivity contribution < 1.29 is 4.79 Å². The second-order valence-corrected chi connectivity index (χ2v) is 5.35. The van der Waals surface area contributed by atoms with Crippen LogP contribution < -0.4 is 11.1 Å². The van der Waals surface area contributed by atoms with E-state index in [2.05, 4.69) is 11.4 Å². The molecular weight excluding hydrogens is 248 g/mol. The summed E-state index contributed by atoms with van der Waals surface area (Å²) in [6, 6.07) is 9.66. The molecule has 2 aromatic carbocycles. The molecule has 20 heavy (non-hydrogen) atoms. The van der Waals surface area contributed by atoms with Gasteiger partial charge in [-0.1, -0.05) is 12.1 Å². The summed E-state index contributed by atoms with van der Waals surface area (Å²) >= 11 is 0. The summed E-state index contributed by atoms with van der Waals surface area (Å²) in [5.41, 5.74) is 12.1. The van der Waals surface area contributed by atoms with Crippen LogP contribution in [0.4, 0.5) is 11.4 Å². The van der Waals surface area contributed by atoms with E-state index in [-0.39, 0.29) is 5.91 Å². The van der Waals surface area contributed by atoms with Gasteiger partial charge in [0.05, 0.1) is 0 Å². The van der Waals surface area contributed by atoms with Crippen LogP contribution in [-0.4, -0.2) is 5.91 Å². The van der Waals surface area contributed by atoms with Gasteiger partial charge in [-0.2, -0.15) is 0 Å². The Bertz CT molecular complexity index is 655. The van der Waals surface area contributed by atoms with E-state index in [4.69, 9.17) is 5.73 Å². The molecule has 0 aliphatic heterocycles.